The van der Waals surface area contributed by atoms with Gasteiger partial charge in [0, 0.05) is 23.7 Å². The van der Waals surface area contributed by atoms with Crippen LogP contribution in [0.25, 0.3) is 0 Å². The summed E-state index contributed by atoms with van der Waals surface area (Å²) >= 11 is 3.24. The molecule has 0 unspecified atom stereocenters. The quantitative estimate of drug-likeness (QED) is 0.611. The number of hydrogen-bond donors (Lipinski definition) is 0. The Hall–Kier alpha value is -1.93. The van der Waals surface area contributed by atoms with Crippen LogP contribution in [0.15, 0.2) is 57.9 Å². The molecule has 0 bridgehead atoms. The zero-order valence-corrected chi connectivity index (χ0v) is 13.3. The molecule has 0 aliphatic carbocycles. The number of non-ortho nitro benzene ring substituents is 1. The fourth-order valence-electron chi connectivity index (χ4n) is 1.69. The molecule has 0 saturated carbocycles. The van der Waals surface area contributed by atoms with Crippen LogP contribution in [-0.4, -0.2) is 20.4 Å². The number of hydrogen-bond acceptors (Lipinski definition) is 4. The van der Waals surface area contributed by atoms with Crippen molar-refractivity contribution in [3.8, 4) is 0 Å². The van der Waals surface area contributed by atoms with Crippen molar-refractivity contribution in [1.82, 2.24) is 0 Å². The average molecular weight is 371 g/mol. The van der Waals surface area contributed by atoms with E-state index >= 15 is 0 Å². The summed E-state index contributed by atoms with van der Waals surface area (Å²) in [5.41, 5.74) is 0.261. The first-order valence-corrected chi connectivity index (χ1v) is 8.04. The molecule has 0 radical (unpaired) electrons. The first kappa shape index (κ1) is 15.5. The highest BCUT2D eigenvalue weighted by Crippen LogP contribution is 2.25. The van der Waals surface area contributed by atoms with Gasteiger partial charge in [-0.1, -0.05) is 15.9 Å². The highest BCUT2D eigenvalue weighted by molar-refractivity contribution is 9.10. The summed E-state index contributed by atoms with van der Waals surface area (Å²) in [5.74, 6) is 0. The van der Waals surface area contributed by atoms with E-state index in [2.05, 4.69) is 15.9 Å². The fourth-order valence-corrected chi connectivity index (χ4v) is 3.15. The molecule has 0 spiro atoms. The Balaban J connectivity index is 2.35. The fraction of sp³-hybridized carbons (Fsp3) is 0.0769. The Morgan fingerprint density at radius 3 is 2.05 bits per heavy atom. The van der Waals surface area contributed by atoms with Crippen molar-refractivity contribution in [1.29, 1.82) is 0 Å². The molecule has 0 N–H and O–H groups in total. The number of benzene rings is 2. The van der Waals surface area contributed by atoms with E-state index in [0.717, 1.165) is 8.78 Å². The Labute approximate surface area is 130 Å². The molecule has 6 nitrogen and oxygen atoms in total. The average Bonchev–Trinajstić information content (AvgIpc) is 2.47. The molecular weight excluding hydrogens is 360 g/mol. The monoisotopic (exact) mass is 370 g/mol. The van der Waals surface area contributed by atoms with Crippen molar-refractivity contribution in [2.24, 2.45) is 0 Å². The van der Waals surface area contributed by atoms with E-state index in [4.69, 9.17) is 0 Å². The number of rotatable bonds is 4. The van der Waals surface area contributed by atoms with Gasteiger partial charge < -0.3 is 0 Å². The van der Waals surface area contributed by atoms with Gasteiger partial charge in [0.1, 0.15) is 0 Å². The Morgan fingerprint density at radius 2 is 1.57 bits per heavy atom. The van der Waals surface area contributed by atoms with Crippen LogP contribution in [-0.2, 0) is 10.0 Å². The van der Waals surface area contributed by atoms with Gasteiger partial charge in [-0.3, -0.25) is 14.4 Å². The maximum atomic E-state index is 12.4. The van der Waals surface area contributed by atoms with Crippen molar-refractivity contribution < 1.29 is 13.3 Å². The number of nitrogens with zero attached hydrogens (tertiary/aromatic N) is 2. The van der Waals surface area contributed by atoms with E-state index in [1.807, 2.05) is 0 Å². The molecular formula is C13H11BrN2O4S. The molecule has 0 amide bonds. The highest BCUT2D eigenvalue weighted by atomic mass is 79.9. The van der Waals surface area contributed by atoms with Gasteiger partial charge in [0.2, 0.25) is 0 Å². The van der Waals surface area contributed by atoms with E-state index in [0.29, 0.717) is 5.69 Å². The summed E-state index contributed by atoms with van der Waals surface area (Å²) in [6, 6.07) is 11.6. The molecule has 0 heterocycles. The Bertz CT molecular complexity index is 758. The zero-order chi connectivity index (χ0) is 15.6. The van der Waals surface area contributed by atoms with Gasteiger partial charge in [0.05, 0.1) is 15.5 Å². The van der Waals surface area contributed by atoms with Crippen LogP contribution < -0.4 is 4.31 Å². The number of nitro groups is 1. The minimum absolute atomic E-state index is 0.0896. The SMILES string of the molecule is CN(c1ccc([N+](=O)[O-])cc1)S(=O)(=O)c1ccc(Br)cc1. The maximum Gasteiger partial charge on any atom is 0.269 e. The van der Waals surface area contributed by atoms with E-state index < -0.39 is 14.9 Å². The van der Waals surface area contributed by atoms with Gasteiger partial charge in [-0.25, -0.2) is 8.42 Å². The topological polar surface area (TPSA) is 80.5 Å². The van der Waals surface area contributed by atoms with Gasteiger partial charge >= 0.3 is 0 Å². The second kappa shape index (κ2) is 5.82. The van der Waals surface area contributed by atoms with Crippen LogP contribution in [0.5, 0.6) is 0 Å². The maximum absolute atomic E-state index is 12.4. The predicted molar refractivity (Wildman–Crippen MR) is 82.8 cm³/mol. The highest BCUT2D eigenvalue weighted by Gasteiger charge is 2.21. The summed E-state index contributed by atoms with van der Waals surface area (Å²) in [5, 5.41) is 10.6. The van der Waals surface area contributed by atoms with Crippen LogP contribution in [0.3, 0.4) is 0 Å². The molecule has 2 aromatic rings. The predicted octanol–water partition coefficient (Wildman–Crippen LogP) is 3.18. The van der Waals surface area contributed by atoms with Crippen molar-refractivity contribution in [2.45, 2.75) is 4.90 Å². The molecule has 2 aromatic carbocycles. The van der Waals surface area contributed by atoms with Gasteiger partial charge in [0.15, 0.2) is 0 Å². The summed E-state index contributed by atoms with van der Waals surface area (Å²) in [7, 11) is -2.30. The van der Waals surface area contributed by atoms with Crippen molar-refractivity contribution in [3.63, 3.8) is 0 Å². The zero-order valence-electron chi connectivity index (χ0n) is 10.9. The molecule has 8 heteroatoms. The first-order valence-electron chi connectivity index (χ1n) is 5.81. The first-order chi connectivity index (χ1) is 9.82. The van der Waals surface area contributed by atoms with E-state index in [-0.39, 0.29) is 10.6 Å². The molecule has 0 atom stereocenters. The Kier molecular flexibility index (Phi) is 4.29. The minimum Gasteiger partial charge on any atom is -0.269 e. The lowest BCUT2D eigenvalue weighted by Crippen LogP contribution is -2.26. The lowest BCUT2D eigenvalue weighted by atomic mass is 10.3. The molecule has 2 rings (SSSR count). The minimum atomic E-state index is -3.70. The molecule has 0 aliphatic heterocycles. The van der Waals surface area contributed by atoms with E-state index in [1.54, 1.807) is 12.1 Å². The van der Waals surface area contributed by atoms with Gasteiger partial charge in [0.25, 0.3) is 15.7 Å². The summed E-state index contributed by atoms with van der Waals surface area (Å²) in [6.07, 6.45) is 0. The summed E-state index contributed by atoms with van der Waals surface area (Å²) in [6.45, 7) is 0. The standard InChI is InChI=1S/C13H11BrN2O4S/c1-15(11-4-6-12(7-5-11)16(17)18)21(19,20)13-8-2-10(14)3-9-13/h2-9H,1H3. The smallest absolute Gasteiger partial charge is 0.269 e. The second-order valence-corrected chi connectivity index (χ2v) is 7.08. The number of nitro benzene ring substituents is 1. The van der Waals surface area contributed by atoms with Crippen molar-refractivity contribution >= 4 is 37.3 Å². The largest absolute Gasteiger partial charge is 0.269 e. The van der Waals surface area contributed by atoms with Crippen molar-refractivity contribution in [3.05, 3.63) is 63.1 Å². The van der Waals surface area contributed by atoms with Crippen LogP contribution in [0, 0.1) is 10.1 Å². The molecule has 0 saturated heterocycles. The third-order valence-electron chi connectivity index (χ3n) is 2.90. The third-order valence-corrected chi connectivity index (χ3v) is 5.22. The number of anilines is 1. The van der Waals surface area contributed by atoms with Gasteiger partial charge in [-0.15, -0.1) is 0 Å². The number of halogens is 1. The third kappa shape index (κ3) is 3.22. The summed E-state index contributed by atoms with van der Waals surface area (Å²) < 4.78 is 26.7. The molecule has 0 fully saturated rings. The normalized spacial score (nSPS) is 11.1. The molecule has 0 aromatic heterocycles. The lowest BCUT2D eigenvalue weighted by molar-refractivity contribution is -0.384. The van der Waals surface area contributed by atoms with Gasteiger partial charge in [-0.05, 0) is 36.4 Å². The van der Waals surface area contributed by atoms with E-state index in [9.17, 15) is 18.5 Å². The molecule has 21 heavy (non-hydrogen) atoms. The van der Waals surface area contributed by atoms with Crippen LogP contribution in [0.1, 0.15) is 0 Å². The van der Waals surface area contributed by atoms with Crippen LogP contribution in [0.2, 0.25) is 0 Å². The van der Waals surface area contributed by atoms with Crippen molar-refractivity contribution in [2.75, 3.05) is 11.4 Å². The summed E-state index contributed by atoms with van der Waals surface area (Å²) in [4.78, 5) is 10.2. The Morgan fingerprint density at radius 1 is 1.05 bits per heavy atom. The number of sulfonamides is 1. The molecule has 0 aliphatic rings. The van der Waals surface area contributed by atoms with E-state index in [1.165, 1.54) is 43.4 Å². The lowest BCUT2D eigenvalue weighted by Gasteiger charge is -2.19. The molecule has 110 valence electrons. The van der Waals surface area contributed by atoms with Crippen LogP contribution in [0.4, 0.5) is 11.4 Å². The second-order valence-electron chi connectivity index (χ2n) is 4.20. The van der Waals surface area contributed by atoms with Crippen LogP contribution >= 0.6 is 15.9 Å². The van der Waals surface area contributed by atoms with Gasteiger partial charge in [-0.2, -0.15) is 0 Å².